The summed E-state index contributed by atoms with van der Waals surface area (Å²) in [6.07, 6.45) is 5.67. The van der Waals surface area contributed by atoms with E-state index in [-0.39, 0.29) is 11.7 Å². The maximum atomic E-state index is 12.3. The molecule has 2 aromatic rings. The fourth-order valence-electron chi connectivity index (χ4n) is 3.12. The first-order valence-electron chi connectivity index (χ1n) is 8.75. The van der Waals surface area contributed by atoms with Crippen molar-refractivity contribution in [1.82, 2.24) is 14.3 Å². The Morgan fingerprint density at radius 2 is 2.08 bits per heavy atom. The van der Waals surface area contributed by atoms with E-state index in [4.69, 9.17) is 0 Å². The zero-order valence-corrected chi connectivity index (χ0v) is 14.4. The van der Waals surface area contributed by atoms with Crippen LogP contribution in [0, 0.1) is 10.1 Å². The van der Waals surface area contributed by atoms with E-state index in [1.807, 2.05) is 4.90 Å². The molecule has 1 saturated heterocycles. The average Bonchev–Trinajstić information content (AvgIpc) is 2.83. The van der Waals surface area contributed by atoms with Gasteiger partial charge in [0, 0.05) is 32.3 Å². The van der Waals surface area contributed by atoms with Gasteiger partial charge in [-0.05, 0) is 31.4 Å². The lowest BCUT2D eigenvalue weighted by atomic mass is 10.2. The zero-order chi connectivity index (χ0) is 18.5. The molecule has 0 unspecified atom stereocenters. The van der Waals surface area contributed by atoms with Crippen LogP contribution in [0.2, 0.25) is 0 Å². The van der Waals surface area contributed by atoms with Crippen LogP contribution in [0.1, 0.15) is 32.1 Å². The molecule has 0 aliphatic carbocycles. The number of nitro groups is 1. The second kappa shape index (κ2) is 7.94. The first-order chi connectivity index (χ1) is 12.6. The Balaban J connectivity index is 1.70. The molecule has 9 nitrogen and oxygen atoms in total. The Hall–Kier alpha value is -2.97. The first kappa shape index (κ1) is 17.8. The maximum absolute atomic E-state index is 12.3. The third-order valence-electron chi connectivity index (χ3n) is 4.46. The lowest BCUT2D eigenvalue weighted by molar-refractivity contribution is -0.385. The van der Waals surface area contributed by atoms with Crippen LogP contribution in [-0.4, -0.2) is 44.7 Å². The van der Waals surface area contributed by atoms with E-state index >= 15 is 0 Å². The van der Waals surface area contributed by atoms with Crippen LogP contribution in [0.3, 0.4) is 0 Å². The minimum atomic E-state index is -0.717. The van der Waals surface area contributed by atoms with Crippen LogP contribution in [0.5, 0.6) is 0 Å². The van der Waals surface area contributed by atoms with Crippen molar-refractivity contribution in [2.24, 2.45) is 0 Å². The van der Waals surface area contributed by atoms with Gasteiger partial charge in [-0.25, -0.2) is 4.98 Å². The summed E-state index contributed by atoms with van der Waals surface area (Å²) in [4.78, 5) is 40.9. The molecule has 9 heteroatoms. The Morgan fingerprint density at radius 1 is 1.23 bits per heavy atom. The summed E-state index contributed by atoms with van der Waals surface area (Å²) in [6, 6.07) is 4.94. The van der Waals surface area contributed by atoms with Gasteiger partial charge < -0.3 is 10.2 Å². The highest BCUT2D eigenvalue weighted by Crippen LogP contribution is 2.18. The van der Waals surface area contributed by atoms with E-state index in [0.29, 0.717) is 31.6 Å². The number of carbonyl (C=O) groups excluding carboxylic acids is 1. The summed E-state index contributed by atoms with van der Waals surface area (Å²) in [6.45, 7) is 1.74. The number of hydrogen-bond donors (Lipinski definition) is 1. The minimum absolute atomic E-state index is 0.0339. The van der Waals surface area contributed by atoms with Crippen LogP contribution in [-0.2, 0) is 4.79 Å². The number of nitrogens with one attached hydrogen (secondary N) is 1. The van der Waals surface area contributed by atoms with Crippen molar-refractivity contribution < 1.29 is 9.72 Å². The van der Waals surface area contributed by atoms with Gasteiger partial charge in [-0.1, -0.05) is 12.5 Å². The molecular weight excluding hydrogens is 338 g/mol. The molecule has 0 spiro atoms. The number of fused-ring (bicyclic) bond motifs is 1. The number of likely N-dealkylation sites (tertiary alicyclic amines) is 1. The highest BCUT2D eigenvalue weighted by Gasteiger charge is 2.23. The van der Waals surface area contributed by atoms with Crippen molar-refractivity contribution in [1.29, 1.82) is 0 Å². The van der Waals surface area contributed by atoms with E-state index in [0.717, 1.165) is 30.2 Å². The Bertz CT molecular complexity index is 879. The first-order valence-corrected chi connectivity index (χ1v) is 8.75. The summed E-state index contributed by atoms with van der Waals surface area (Å²) in [5.74, 6) is 0.129. The quantitative estimate of drug-likeness (QED) is 0.478. The molecule has 0 bridgehead atoms. The molecule has 138 valence electrons. The largest absolute Gasteiger partial charge is 0.376 e. The predicted molar refractivity (Wildman–Crippen MR) is 96.3 cm³/mol. The normalized spacial score (nSPS) is 15.1. The van der Waals surface area contributed by atoms with E-state index in [2.05, 4.69) is 10.3 Å². The van der Waals surface area contributed by atoms with Crippen molar-refractivity contribution in [3.63, 3.8) is 0 Å². The topological polar surface area (TPSA) is 110 Å². The number of rotatable bonds is 6. The fourth-order valence-corrected chi connectivity index (χ4v) is 3.12. The molecule has 0 saturated carbocycles. The summed E-state index contributed by atoms with van der Waals surface area (Å²) >= 11 is 0. The molecule has 1 amide bonds. The minimum Gasteiger partial charge on any atom is -0.364 e. The third kappa shape index (κ3) is 3.81. The van der Waals surface area contributed by atoms with Crippen molar-refractivity contribution in [3.8, 4) is 0 Å². The van der Waals surface area contributed by atoms with Crippen LogP contribution >= 0.6 is 0 Å². The summed E-state index contributed by atoms with van der Waals surface area (Å²) in [5.41, 5.74) is -0.946. The number of amides is 1. The van der Waals surface area contributed by atoms with Gasteiger partial charge in [-0.2, -0.15) is 0 Å². The molecule has 26 heavy (non-hydrogen) atoms. The second-order valence-electron chi connectivity index (χ2n) is 6.27. The molecule has 0 radical (unpaired) electrons. The molecule has 3 heterocycles. The lowest BCUT2D eigenvalue weighted by Crippen LogP contribution is -2.32. The van der Waals surface area contributed by atoms with E-state index < -0.39 is 16.2 Å². The van der Waals surface area contributed by atoms with Gasteiger partial charge in [0.25, 0.3) is 0 Å². The summed E-state index contributed by atoms with van der Waals surface area (Å²) in [5, 5.41) is 14.2. The number of anilines is 1. The van der Waals surface area contributed by atoms with Gasteiger partial charge in [0.1, 0.15) is 5.65 Å². The van der Waals surface area contributed by atoms with Gasteiger partial charge in [-0.3, -0.25) is 24.1 Å². The SMILES string of the molecule is O=C1CCCCCN1CCCNc1nc2ccccn2c(=O)c1[N+](=O)[O-]. The summed E-state index contributed by atoms with van der Waals surface area (Å²) in [7, 11) is 0. The third-order valence-corrected chi connectivity index (χ3v) is 4.46. The van der Waals surface area contributed by atoms with Crippen LogP contribution < -0.4 is 10.9 Å². The molecule has 0 aromatic carbocycles. The molecule has 3 rings (SSSR count). The summed E-state index contributed by atoms with van der Waals surface area (Å²) < 4.78 is 1.15. The van der Waals surface area contributed by atoms with Gasteiger partial charge in [0.05, 0.1) is 4.92 Å². The van der Waals surface area contributed by atoms with Gasteiger partial charge in [-0.15, -0.1) is 0 Å². The molecule has 0 atom stereocenters. The van der Waals surface area contributed by atoms with Crippen LogP contribution in [0.15, 0.2) is 29.2 Å². The standard InChI is InChI=1S/C17H21N5O4/c23-14-8-2-1-4-10-20(14)11-6-9-18-16-15(22(25)26)17(24)21-12-5-3-7-13(21)19-16/h3,5,7,12,18H,1-2,4,6,8-11H2. The van der Waals surface area contributed by atoms with Crippen molar-refractivity contribution >= 4 is 23.1 Å². The van der Waals surface area contributed by atoms with Gasteiger partial charge >= 0.3 is 11.2 Å². The second-order valence-corrected chi connectivity index (χ2v) is 6.27. The van der Waals surface area contributed by atoms with Crippen LogP contribution in [0.4, 0.5) is 11.5 Å². The average molecular weight is 359 g/mol. The molecule has 1 fully saturated rings. The number of carbonyl (C=O) groups is 1. The predicted octanol–water partition coefficient (Wildman–Crippen LogP) is 1.81. The molecule has 1 N–H and O–H groups in total. The van der Waals surface area contributed by atoms with Gasteiger partial charge in [0.15, 0.2) is 0 Å². The monoisotopic (exact) mass is 359 g/mol. The molecule has 1 aliphatic heterocycles. The molecule has 1 aliphatic rings. The Morgan fingerprint density at radius 3 is 2.88 bits per heavy atom. The number of nitrogens with zero attached hydrogens (tertiary/aromatic N) is 4. The van der Waals surface area contributed by atoms with E-state index in [1.165, 1.54) is 6.20 Å². The Labute approximate surface area is 149 Å². The van der Waals surface area contributed by atoms with Crippen molar-refractivity contribution in [2.75, 3.05) is 25.0 Å². The number of pyridine rings is 1. The Kier molecular flexibility index (Phi) is 5.45. The fraction of sp³-hybridized carbons (Fsp3) is 0.471. The number of aromatic nitrogens is 2. The van der Waals surface area contributed by atoms with Crippen molar-refractivity contribution in [3.05, 3.63) is 44.9 Å². The van der Waals surface area contributed by atoms with E-state index in [9.17, 15) is 19.7 Å². The van der Waals surface area contributed by atoms with Crippen molar-refractivity contribution in [2.45, 2.75) is 32.1 Å². The number of hydrogen-bond acceptors (Lipinski definition) is 6. The highest BCUT2D eigenvalue weighted by atomic mass is 16.6. The lowest BCUT2D eigenvalue weighted by Gasteiger charge is -2.20. The zero-order valence-electron chi connectivity index (χ0n) is 14.4. The highest BCUT2D eigenvalue weighted by molar-refractivity contribution is 5.76. The smallest absolute Gasteiger partial charge is 0.364 e. The molecular formula is C17H21N5O4. The molecule has 2 aromatic heterocycles. The van der Waals surface area contributed by atoms with Gasteiger partial charge in [0.2, 0.25) is 11.7 Å². The van der Waals surface area contributed by atoms with E-state index in [1.54, 1.807) is 18.2 Å². The maximum Gasteiger partial charge on any atom is 0.376 e. The van der Waals surface area contributed by atoms with Crippen LogP contribution in [0.25, 0.3) is 5.65 Å².